The Balaban J connectivity index is 3.63. The van der Waals surface area contributed by atoms with Gasteiger partial charge in [0.1, 0.15) is 6.10 Å². The minimum absolute atomic E-state index is 0.817. The standard InChI is InChI=1S/C4H6O5/c5-2(4(8)9)1-3(6)7/h2,5H,1H2,(H,6,7)(H,8,9)/p-1/t2-/m0/s1. The van der Waals surface area contributed by atoms with Crippen LogP contribution in [0, 0.1) is 0 Å². The second kappa shape index (κ2) is 3.03. The van der Waals surface area contributed by atoms with Gasteiger partial charge in [-0.05, 0) is 0 Å². The molecule has 0 heterocycles. The molecule has 0 spiro atoms. The summed E-state index contributed by atoms with van der Waals surface area (Å²) in [5.41, 5.74) is 0. The maximum atomic E-state index is 9.66. The summed E-state index contributed by atoms with van der Waals surface area (Å²) in [6.07, 6.45) is -2.72. The Morgan fingerprint density at radius 3 is 2.11 bits per heavy atom. The van der Waals surface area contributed by atoms with Crippen LogP contribution in [0.5, 0.6) is 0 Å². The molecule has 0 radical (unpaired) electrons. The van der Waals surface area contributed by atoms with E-state index in [0.29, 0.717) is 0 Å². The molecule has 0 aliphatic heterocycles. The zero-order valence-electron chi connectivity index (χ0n) is 4.40. The number of rotatable bonds is 3. The molecule has 0 bridgehead atoms. The van der Waals surface area contributed by atoms with Gasteiger partial charge in [0.2, 0.25) is 0 Å². The molecule has 5 nitrogen and oxygen atoms in total. The Kier molecular flexibility index (Phi) is 2.66. The summed E-state index contributed by atoms with van der Waals surface area (Å²) in [5.74, 6) is -3.14. The van der Waals surface area contributed by atoms with E-state index >= 15 is 0 Å². The van der Waals surface area contributed by atoms with Gasteiger partial charge in [-0.2, -0.15) is 0 Å². The molecule has 0 aromatic heterocycles. The van der Waals surface area contributed by atoms with Crippen molar-refractivity contribution in [1.29, 1.82) is 0 Å². The Labute approximate surface area is 50.5 Å². The number of carbonyl (C=O) groups is 2. The first kappa shape index (κ1) is 7.90. The lowest BCUT2D eigenvalue weighted by atomic mass is 10.3. The fourth-order valence-electron chi connectivity index (χ4n) is 0.249. The lowest BCUT2D eigenvalue weighted by Gasteiger charge is -2.06. The second-order valence-electron chi connectivity index (χ2n) is 1.43. The molecule has 0 saturated heterocycles. The van der Waals surface area contributed by atoms with Crippen molar-refractivity contribution in [3.05, 3.63) is 0 Å². The van der Waals surface area contributed by atoms with E-state index in [0.717, 1.165) is 0 Å². The number of carboxylic acids is 2. The molecule has 0 aliphatic carbocycles. The fraction of sp³-hybridized carbons (Fsp3) is 0.500. The van der Waals surface area contributed by atoms with Crippen molar-refractivity contribution < 1.29 is 24.9 Å². The Hall–Kier alpha value is -1.10. The number of hydrogen-bond donors (Lipinski definition) is 2. The third-order valence-electron chi connectivity index (χ3n) is 0.640. The third kappa shape index (κ3) is 3.48. The first-order valence-corrected chi connectivity index (χ1v) is 2.14. The molecular weight excluding hydrogens is 128 g/mol. The average Bonchev–Trinajstić information content (AvgIpc) is 1.63. The van der Waals surface area contributed by atoms with Crippen molar-refractivity contribution in [2.75, 3.05) is 0 Å². The van der Waals surface area contributed by atoms with Gasteiger partial charge in [-0.1, -0.05) is 0 Å². The van der Waals surface area contributed by atoms with Crippen LogP contribution in [-0.2, 0) is 9.59 Å². The van der Waals surface area contributed by atoms with E-state index in [1.165, 1.54) is 0 Å². The van der Waals surface area contributed by atoms with Crippen molar-refractivity contribution >= 4 is 11.9 Å². The van der Waals surface area contributed by atoms with E-state index in [-0.39, 0.29) is 0 Å². The lowest BCUT2D eigenvalue weighted by Crippen LogP contribution is -2.36. The smallest absolute Gasteiger partial charge is 0.306 e. The summed E-state index contributed by atoms with van der Waals surface area (Å²) in [7, 11) is 0. The number of aliphatic hydroxyl groups excluding tert-OH is 1. The van der Waals surface area contributed by atoms with Crippen LogP contribution in [0.2, 0.25) is 0 Å². The lowest BCUT2D eigenvalue weighted by molar-refractivity contribution is -0.315. The van der Waals surface area contributed by atoms with E-state index in [1.54, 1.807) is 0 Å². The third-order valence-corrected chi connectivity index (χ3v) is 0.640. The summed E-state index contributed by atoms with van der Waals surface area (Å²) in [4.78, 5) is 19.3. The number of carbonyl (C=O) groups excluding carboxylic acids is 1. The van der Waals surface area contributed by atoms with Gasteiger partial charge in [-0.15, -0.1) is 0 Å². The van der Waals surface area contributed by atoms with E-state index < -0.39 is 24.5 Å². The number of hydrogen-bond acceptors (Lipinski definition) is 4. The SMILES string of the molecule is O=C(O)C[C@H](O)C(=O)[O-]. The van der Waals surface area contributed by atoms with Crippen molar-refractivity contribution in [3.63, 3.8) is 0 Å². The van der Waals surface area contributed by atoms with Gasteiger partial charge in [-0.3, -0.25) is 4.79 Å². The van der Waals surface area contributed by atoms with Crippen molar-refractivity contribution in [2.24, 2.45) is 0 Å². The van der Waals surface area contributed by atoms with Crippen molar-refractivity contribution in [2.45, 2.75) is 12.5 Å². The predicted molar refractivity (Wildman–Crippen MR) is 23.3 cm³/mol. The molecule has 2 N–H and O–H groups in total. The molecule has 0 aromatic carbocycles. The van der Waals surface area contributed by atoms with Gasteiger partial charge >= 0.3 is 5.97 Å². The van der Waals surface area contributed by atoms with Crippen molar-refractivity contribution in [1.82, 2.24) is 0 Å². The minimum atomic E-state index is -1.90. The normalized spacial score (nSPS) is 12.6. The largest absolute Gasteiger partial charge is 0.547 e. The summed E-state index contributed by atoms with van der Waals surface area (Å²) in [6, 6.07) is 0. The van der Waals surface area contributed by atoms with Gasteiger partial charge in [0.25, 0.3) is 0 Å². The second-order valence-corrected chi connectivity index (χ2v) is 1.43. The van der Waals surface area contributed by atoms with Crippen molar-refractivity contribution in [3.8, 4) is 0 Å². The Bertz CT molecular complexity index is 129. The molecule has 0 rings (SSSR count). The van der Waals surface area contributed by atoms with E-state index in [9.17, 15) is 14.7 Å². The van der Waals surface area contributed by atoms with Crippen LogP contribution in [0.25, 0.3) is 0 Å². The van der Waals surface area contributed by atoms with E-state index in [4.69, 9.17) is 10.2 Å². The molecule has 0 aromatic rings. The monoisotopic (exact) mass is 133 g/mol. The van der Waals surface area contributed by atoms with Crippen LogP contribution in [-0.4, -0.2) is 28.3 Å². The van der Waals surface area contributed by atoms with Crippen LogP contribution in [0.4, 0.5) is 0 Å². The molecule has 1 atom stereocenters. The fourth-order valence-corrected chi connectivity index (χ4v) is 0.249. The van der Waals surface area contributed by atoms with Crippen LogP contribution in [0.1, 0.15) is 6.42 Å². The maximum Gasteiger partial charge on any atom is 0.306 e. The number of carboxylic acid groups (broad SMARTS) is 2. The highest BCUT2D eigenvalue weighted by Crippen LogP contribution is 1.87. The van der Waals surface area contributed by atoms with E-state index in [2.05, 4.69) is 0 Å². The summed E-state index contributed by atoms with van der Waals surface area (Å²) in [5, 5.41) is 25.7. The molecule has 0 aliphatic rings. The van der Waals surface area contributed by atoms with Gasteiger partial charge in [0, 0.05) is 0 Å². The van der Waals surface area contributed by atoms with Gasteiger partial charge < -0.3 is 20.1 Å². The summed E-state index contributed by atoms with van der Waals surface area (Å²) < 4.78 is 0. The Morgan fingerprint density at radius 1 is 1.56 bits per heavy atom. The van der Waals surface area contributed by atoms with Crippen LogP contribution >= 0.6 is 0 Å². The maximum absolute atomic E-state index is 9.66. The molecule has 0 fully saturated rings. The Morgan fingerprint density at radius 2 is 2.00 bits per heavy atom. The molecule has 0 unspecified atom stereocenters. The zero-order chi connectivity index (χ0) is 7.44. The summed E-state index contributed by atoms with van der Waals surface area (Å²) >= 11 is 0. The number of aliphatic hydroxyl groups is 1. The zero-order valence-corrected chi connectivity index (χ0v) is 4.40. The highest BCUT2D eigenvalue weighted by atomic mass is 16.4. The molecule has 5 heteroatoms. The van der Waals surface area contributed by atoms with Gasteiger partial charge in [-0.25, -0.2) is 0 Å². The number of aliphatic carboxylic acids is 2. The van der Waals surface area contributed by atoms with Crippen LogP contribution in [0.3, 0.4) is 0 Å². The molecule has 9 heavy (non-hydrogen) atoms. The predicted octanol–water partition coefficient (Wildman–Crippen LogP) is -2.43. The molecule has 0 amide bonds. The van der Waals surface area contributed by atoms with Gasteiger partial charge in [0.05, 0.1) is 12.4 Å². The van der Waals surface area contributed by atoms with Crippen LogP contribution < -0.4 is 5.11 Å². The molecule has 0 saturated carbocycles. The quantitative estimate of drug-likeness (QED) is 0.446. The van der Waals surface area contributed by atoms with Crippen LogP contribution in [0.15, 0.2) is 0 Å². The highest BCUT2D eigenvalue weighted by Gasteiger charge is 2.08. The average molecular weight is 133 g/mol. The van der Waals surface area contributed by atoms with E-state index in [1.807, 2.05) is 0 Å². The molecule has 52 valence electrons. The van der Waals surface area contributed by atoms with Gasteiger partial charge in [0.15, 0.2) is 0 Å². The minimum Gasteiger partial charge on any atom is -0.547 e. The molecular formula is C4H5O5-. The highest BCUT2D eigenvalue weighted by molar-refractivity contribution is 5.77. The topological polar surface area (TPSA) is 97.7 Å². The first-order valence-electron chi connectivity index (χ1n) is 2.14. The summed E-state index contributed by atoms with van der Waals surface area (Å²) in [6.45, 7) is 0. The first-order chi connectivity index (χ1) is 4.04.